The number of rotatable bonds is 6. The third kappa shape index (κ3) is 4.08. The second kappa shape index (κ2) is 8.68. The van der Waals surface area contributed by atoms with Crippen LogP contribution in [0.5, 0.6) is 0 Å². The van der Waals surface area contributed by atoms with Crippen molar-refractivity contribution in [2.45, 2.75) is 77.0 Å². The highest BCUT2D eigenvalue weighted by molar-refractivity contribution is 8.00. The first kappa shape index (κ1) is 21.2. The first-order valence-corrected chi connectivity index (χ1v) is 13.0. The minimum Gasteiger partial charge on any atom is -0.376 e. The minimum atomic E-state index is 0.171. The number of thioether (sulfide) groups is 1. The Morgan fingerprint density at radius 1 is 1.23 bits per heavy atom. The van der Waals surface area contributed by atoms with E-state index in [4.69, 9.17) is 14.7 Å². The van der Waals surface area contributed by atoms with Gasteiger partial charge in [0.05, 0.1) is 11.9 Å². The van der Waals surface area contributed by atoms with Crippen LogP contribution in [0, 0.1) is 20.8 Å². The SMILES string of the molecule is Cc1nc(SCC(=O)c2cc(C)n(CC3CCCO3)c2C)c2c3c(sc2n1)CCCC3. The third-order valence-electron chi connectivity index (χ3n) is 6.52. The molecule has 0 N–H and O–H groups in total. The van der Waals surface area contributed by atoms with Crippen molar-refractivity contribution in [2.75, 3.05) is 12.4 Å². The lowest BCUT2D eigenvalue weighted by molar-refractivity contribution is 0.0957. The molecule has 0 bridgehead atoms. The van der Waals surface area contributed by atoms with E-state index < -0.39 is 0 Å². The Morgan fingerprint density at radius 3 is 2.87 bits per heavy atom. The van der Waals surface area contributed by atoms with Gasteiger partial charge in [-0.1, -0.05) is 11.8 Å². The van der Waals surface area contributed by atoms with Crippen molar-refractivity contribution < 1.29 is 9.53 Å². The summed E-state index contributed by atoms with van der Waals surface area (Å²) in [5.74, 6) is 1.36. The number of aryl methyl sites for hydroxylation is 4. The Morgan fingerprint density at radius 2 is 2.06 bits per heavy atom. The zero-order valence-corrected chi connectivity index (χ0v) is 20.1. The van der Waals surface area contributed by atoms with E-state index in [1.54, 1.807) is 11.8 Å². The van der Waals surface area contributed by atoms with E-state index >= 15 is 0 Å². The second-order valence-electron chi connectivity index (χ2n) is 8.71. The van der Waals surface area contributed by atoms with E-state index in [2.05, 4.69) is 18.4 Å². The number of aromatic nitrogens is 3. The lowest BCUT2D eigenvalue weighted by Gasteiger charge is -2.14. The molecule has 1 aliphatic heterocycles. The molecule has 2 aliphatic rings. The van der Waals surface area contributed by atoms with E-state index in [-0.39, 0.29) is 11.9 Å². The van der Waals surface area contributed by atoms with Crippen LogP contribution >= 0.6 is 23.1 Å². The summed E-state index contributed by atoms with van der Waals surface area (Å²) in [5.41, 5.74) is 4.44. The number of ether oxygens (including phenoxy) is 1. The van der Waals surface area contributed by atoms with E-state index in [0.29, 0.717) is 5.75 Å². The number of ketones is 1. The maximum absolute atomic E-state index is 13.2. The number of hydrogen-bond acceptors (Lipinski definition) is 6. The fourth-order valence-electron chi connectivity index (χ4n) is 4.90. The highest BCUT2D eigenvalue weighted by Crippen LogP contribution is 2.39. The number of hydrogen-bond donors (Lipinski definition) is 0. The lowest BCUT2D eigenvalue weighted by atomic mass is 9.97. The molecule has 1 fully saturated rings. The van der Waals surface area contributed by atoms with Crippen LogP contribution < -0.4 is 0 Å². The molecule has 5 rings (SSSR count). The minimum absolute atomic E-state index is 0.171. The quantitative estimate of drug-likeness (QED) is 0.281. The Kier molecular flexibility index (Phi) is 5.92. The zero-order valence-electron chi connectivity index (χ0n) is 18.5. The molecule has 0 aromatic carbocycles. The first-order chi connectivity index (χ1) is 15.0. The van der Waals surface area contributed by atoms with Gasteiger partial charge in [0.15, 0.2) is 5.78 Å². The number of carbonyl (C=O) groups excluding carboxylic acids is 1. The van der Waals surface area contributed by atoms with Crippen molar-refractivity contribution in [1.82, 2.24) is 14.5 Å². The van der Waals surface area contributed by atoms with E-state index in [1.165, 1.54) is 28.7 Å². The number of Topliss-reactive ketones (excluding diaryl/α,β-unsaturated/α-hetero) is 1. The fraction of sp³-hybridized carbons (Fsp3) is 0.542. The van der Waals surface area contributed by atoms with Gasteiger partial charge in [0.1, 0.15) is 15.7 Å². The topological polar surface area (TPSA) is 57.0 Å². The van der Waals surface area contributed by atoms with Crippen LogP contribution in [0.25, 0.3) is 10.2 Å². The Balaban J connectivity index is 1.37. The largest absolute Gasteiger partial charge is 0.376 e. The third-order valence-corrected chi connectivity index (χ3v) is 8.68. The van der Waals surface area contributed by atoms with Gasteiger partial charge in [-0.25, -0.2) is 9.97 Å². The van der Waals surface area contributed by atoms with E-state index in [0.717, 1.165) is 71.5 Å². The molecular formula is C24H29N3O2S2. The maximum Gasteiger partial charge on any atom is 0.174 e. The van der Waals surface area contributed by atoms with Crippen LogP contribution in [0.1, 0.15) is 63.7 Å². The molecule has 164 valence electrons. The highest BCUT2D eigenvalue weighted by Gasteiger charge is 2.23. The summed E-state index contributed by atoms with van der Waals surface area (Å²) >= 11 is 3.39. The summed E-state index contributed by atoms with van der Waals surface area (Å²) < 4.78 is 8.05. The molecular weight excluding hydrogens is 426 g/mol. The van der Waals surface area contributed by atoms with Gasteiger partial charge in [0.2, 0.25) is 0 Å². The first-order valence-electron chi connectivity index (χ1n) is 11.2. The Bertz CT molecular complexity index is 1140. The molecule has 0 amide bonds. The van der Waals surface area contributed by atoms with Crippen molar-refractivity contribution in [3.63, 3.8) is 0 Å². The highest BCUT2D eigenvalue weighted by atomic mass is 32.2. The van der Waals surface area contributed by atoms with Crippen LogP contribution in [-0.2, 0) is 24.1 Å². The average Bonchev–Trinajstić information content (AvgIpc) is 3.46. The Hall–Kier alpha value is -1.70. The monoisotopic (exact) mass is 455 g/mol. The average molecular weight is 456 g/mol. The van der Waals surface area contributed by atoms with Crippen molar-refractivity contribution in [1.29, 1.82) is 0 Å². The number of thiophene rings is 1. The maximum atomic E-state index is 13.2. The van der Waals surface area contributed by atoms with Crippen molar-refractivity contribution in [3.05, 3.63) is 39.3 Å². The molecule has 0 saturated carbocycles. The van der Waals surface area contributed by atoms with Crippen LogP contribution in [0.4, 0.5) is 0 Å². The predicted molar refractivity (Wildman–Crippen MR) is 127 cm³/mol. The molecule has 0 radical (unpaired) electrons. The molecule has 4 heterocycles. The zero-order chi connectivity index (χ0) is 21.5. The van der Waals surface area contributed by atoms with Gasteiger partial charge in [-0.3, -0.25) is 4.79 Å². The molecule has 7 heteroatoms. The van der Waals surface area contributed by atoms with Gasteiger partial charge in [-0.05, 0) is 70.9 Å². The summed E-state index contributed by atoms with van der Waals surface area (Å²) in [5, 5.41) is 2.18. The standard InChI is InChI=1S/C24H29N3O2S2/c1-14-11-19(15(2)27(14)12-17-7-6-10-29-17)20(28)13-30-23-22-18-8-4-5-9-21(18)31-24(22)26-16(3)25-23/h11,17H,4-10,12-13H2,1-3H3. The summed E-state index contributed by atoms with van der Waals surface area (Å²) in [6, 6.07) is 2.04. The molecule has 5 nitrogen and oxygen atoms in total. The normalized spacial score (nSPS) is 18.6. The lowest BCUT2D eigenvalue weighted by Crippen LogP contribution is -2.17. The molecule has 1 atom stereocenters. The summed E-state index contributed by atoms with van der Waals surface area (Å²) in [6.07, 6.45) is 7.24. The number of fused-ring (bicyclic) bond motifs is 3. The van der Waals surface area contributed by atoms with Gasteiger partial charge in [-0.2, -0.15) is 0 Å². The summed E-state index contributed by atoms with van der Waals surface area (Å²) in [4.78, 5) is 25.2. The van der Waals surface area contributed by atoms with Gasteiger partial charge in [-0.15, -0.1) is 11.3 Å². The molecule has 31 heavy (non-hydrogen) atoms. The van der Waals surface area contributed by atoms with Crippen LogP contribution in [0.2, 0.25) is 0 Å². The van der Waals surface area contributed by atoms with Gasteiger partial charge in [0, 0.05) is 40.4 Å². The van der Waals surface area contributed by atoms with Crippen molar-refractivity contribution in [2.24, 2.45) is 0 Å². The predicted octanol–water partition coefficient (Wildman–Crippen LogP) is 5.45. The van der Waals surface area contributed by atoms with Gasteiger partial charge < -0.3 is 9.30 Å². The van der Waals surface area contributed by atoms with Gasteiger partial charge >= 0.3 is 0 Å². The fourth-order valence-corrected chi connectivity index (χ4v) is 7.25. The number of nitrogens with zero attached hydrogens (tertiary/aromatic N) is 3. The van der Waals surface area contributed by atoms with Crippen molar-refractivity contribution in [3.8, 4) is 0 Å². The van der Waals surface area contributed by atoms with Crippen molar-refractivity contribution >= 4 is 39.1 Å². The smallest absolute Gasteiger partial charge is 0.174 e. The molecule has 3 aromatic rings. The van der Waals surface area contributed by atoms with Crippen LogP contribution in [-0.4, -0.2) is 38.8 Å². The Labute approximate surface area is 191 Å². The molecule has 0 spiro atoms. The van der Waals surface area contributed by atoms with Gasteiger partial charge in [0.25, 0.3) is 0 Å². The molecule has 1 saturated heterocycles. The van der Waals surface area contributed by atoms with E-state index in [9.17, 15) is 4.79 Å². The van der Waals surface area contributed by atoms with Crippen LogP contribution in [0.15, 0.2) is 11.1 Å². The van der Waals surface area contributed by atoms with Crippen LogP contribution in [0.3, 0.4) is 0 Å². The molecule has 1 aliphatic carbocycles. The second-order valence-corrected chi connectivity index (χ2v) is 10.8. The summed E-state index contributed by atoms with van der Waals surface area (Å²) in [6.45, 7) is 7.78. The summed E-state index contributed by atoms with van der Waals surface area (Å²) in [7, 11) is 0. The number of carbonyl (C=O) groups is 1. The van der Waals surface area contributed by atoms with E-state index in [1.807, 2.05) is 24.3 Å². The molecule has 3 aromatic heterocycles. The molecule has 1 unspecified atom stereocenters.